The molecule has 2 aliphatic rings. The number of nitrogens with zero attached hydrogens (tertiary/aromatic N) is 1. The van der Waals surface area contributed by atoms with Crippen LogP contribution in [0.1, 0.15) is 40.0 Å². The predicted molar refractivity (Wildman–Crippen MR) is 90.6 cm³/mol. The second-order valence-corrected chi connectivity index (χ2v) is 12.8. The van der Waals surface area contributed by atoms with Crippen molar-refractivity contribution in [2.24, 2.45) is 0 Å². The van der Waals surface area contributed by atoms with Crippen molar-refractivity contribution in [3.63, 3.8) is 0 Å². The van der Waals surface area contributed by atoms with Crippen LogP contribution in [0.15, 0.2) is 0 Å². The van der Waals surface area contributed by atoms with Gasteiger partial charge in [0.2, 0.25) is 0 Å². The molecule has 6 heteroatoms. The summed E-state index contributed by atoms with van der Waals surface area (Å²) in [5.74, 6) is 0. The zero-order valence-electron chi connectivity index (χ0n) is 14.9. The molecule has 3 atom stereocenters. The summed E-state index contributed by atoms with van der Waals surface area (Å²) in [6.45, 7) is 13.0. The van der Waals surface area contributed by atoms with E-state index in [1.165, 1.54) is 7.11 Å². The molecular formula is C16H32N2O3Si. The van der Waals surface area contributed by atoms with Crippen LogP contribution in [0.5, 0.6) is 0 Å². The van der Waals surface area contributed by atoms with Crippen LogP contribution >= 0.6 is 0 Å². The van der Waals surface area contributed by atoms with E-state index in [4.69, 9.17) is 9.16 Å². The smallest absolute Gasteiger partial charge is 0.409 e. The maximum Gasteiger partial charge on any atom is 0.409 e. The fourth-order valence-electron chi connectivity index (χ4n) is 3.30. The molecule has 128 valence electrons. The predicted octanol–water partition coefficient (Wildman–Crippen LogP) is 2.97. The Balaban J connectivity index is 2.13. The largest absolute Gasteiger partial charge is 0.453 e. The molecule has 0 aromatic carbocycles. The van der Waals surface area contributed by atoms with E-state index in [1.807, 2.05) is 4.90 Å². The van der Waals surface area contributed by atoms with Crippen LogP contribution in [-0.4, -0.2) is 57.7 Å². The third kappa shape index (κ3) is 3.49. The van der Waals surface area contributed by atoms with Crippen LogP contribution in [0.25, 0.3) is 0 Å². The maximum absolute atomic E-state index is 12.0. The minimum Gasteiger partial charge on any atom is -0.453 e. The Morgan fingerprint density at radius 2 is 1.95 bits per heavy atom. The van der Waals surface area contributed by atoms with Gasteiger partial charge in [0, 0.05) is 13.1 Å². The van der Waals surface area contributed by atoms with Crippen LogP contribution in [0.2, 0.25) is 18.1 Å². The van der Waals surface area contributed by atoms with Gasteiger partial charge in [0.15, 0.2) is 8.32 Å². The molecule has 1 aliphatic heterocycles. The van der Waals surface area contributed by atoms with E-state index in [-0.39, 0.29) is 29.3 Å². The van der Waals surface area contributed by atoms with Gasteiger partial charge in [0.05, 0.1) is 25.3 Å². The first-order valence-electron chi connectivity index (χ1n) is 8.43. The fourth-order valence-corrected chi connectivity index (χ4v) is 4.68. The van der Waals surface area contributed by atoms with Crippen molar-refractivity contribution in [2.75, 3.05) is 20.2 Å². The maximum atomic E-state index is 12.0. The van der Waals surface area contributed by atoms with E-state index >= 15 is 0 Å². The number of nitrogens with one attached hydrogen (secondary N) is 1. The molecule has 1 N–H and O–H groups in total. The molecular weight excluding hydrogens is 296 g/mol. The van der Waals surface area contributed by atoms with E-state index in [0.717, 1.165) is 32.4 Å². The Morgan fingerprint density at radius 1 is 1.27 bits per heavy atom. The number of rotatable bonds is 2. The highest BCUT2D eigenvalue weighted by atomic mass is 28.4. The lowest BCUT2D eigenvalue weighted by molar-refractivity contribution is 0.00927. The Bertz CT molecular complexity index is 409. The molecule has 0 spiro atoms. The molecule has 0 aromatic heterocycles. The molecule has 3 unspecified atom stereocenters. The standard InChI is InChI=1S/C16H32N2O3Si/c1-16(2,3)22(5,6)21-13-9-7-8-12-14(13)17-10-11-18(12)15(19)20-4/h12-14,17H,7-11H2,1-6H3. The van der Waals surface area contributed by atoms with Crippen LogP contribution in [0, 0.1) is 0 Å². The van der Waals surface area contributed by atoms with Crippen molar-refractivity contribution in [3.8, 4) is 0 Å². The molecule has 5 nitrogen and oxygen atoms in total. The van der Waals surface area contributed by atoms with Crippen molar-refractivity contribution in [1.82, 2.24) is 10.2 Å². The fraction of sp³-hybridized carbons (Fsp3) is 0.938. The molecule has 0 radical (unpaired) electrons. The van der Waals surface area contributed by atoms with Crippen LogP contribution in [0.4, 0.5) is 4.79 Å². The number of amides is 1. The van der Waals surface area contributed by atoms with Gasteiger partial charge in [0.25, 0.3) is 0 Å². The van der Waals surface area contributed by atoms with Crippen molar-refractivity contribution >= 4 is 14.4 Å². The van der Waals surface area contributed by atoms with Crippen LogP contribution in [0.3, 0.4) is 0 Å². The van der Waals surface area contributed by atoms with Gasteiger partial charge in [-0.3, -0.25) is 0 Å². The molecule has 1 amide bonds. The van der Waals surface area contributed by atoms with Gasteiger partial charge in [-0.05, 0) is 37.4 Å². The number of hydrogen-bond acceptors (Lipinski definition) is 4. The topological polar surface area (TPSA) is 50.8 Å². The van der Waals surface area contributed by atoms with Crippen molar-refractivity contribution < 1.29 is 14.0 Å². The summed E-state index contributed by atoms with van der Waals surface area (Å²) >= 11 is 0. The molecule has 1 aliphatic carbocycles. The lowest BCUT2D eigenvalue weighted by Crippen LogP contribution is -2.66. The second kappa shape index (κ2) is 6.49. The number of hydrogen-bond donors (Lipinski definition) is 1. The van der Waals surface area contributed by atoms with Crippen molar-refractivity contribution in [1.29, 1.82) is 0 Å². The van der Waals surface area contributed by atoms with Gasteiger partial charge >= 0.3 is 6.09 Å². The monoisotopic (exact) mass is 328 g/mol. The SMILES string of the molecule is COC(=O)N1CCNC2C(O[Si](C)(C)C(C)(C)C)CCCC21. The van der Waals surface area contributed by atoms with Gasteiger partial charge < -0.3 is 19.4 Å². The summed E-state index contributed by atoms with van der Waals surface area (Å²) in [5.41, 5.74) is 0. The molecule has 0 aromatic rings. The average molecular weight is 329 g/mol. The van der Waals surface area contributed by atoms with E-state index in [0.29, 0.717) is 0 Å². The van der Waals surface area contributed by atoms with Gasteiger partial charge in [-0.1, -0.05) is 20.8 Å². The third-order valence-electron chi connectivity index (χ3n) is 5.60. The first kappa shape index (κ1) is 17.8. The van der Waals surface area contributed by atoms with Crippen LogP contribution < -0.4 is 5.32 Å². The minimum absolute atomic E-state index is 0.199. The Hall–Kier alpha value is -0.593. The molecule has 2 fully saturated rings. The summed E-state index contributed by atoms with van der Waals surface area (Å²) in [5, 5.41) is 3.81. The molecule has 22 heavy (non-hydrogen) atoms. The van der Waals surface area contributed by atoms with E-state index < -0.39 is 8.32 Å². The minimum atomic E-state index is -1.80. The van der Waals surface area contributed by atoms with Crippen LogP contribution in [-0.2, 0) is 9.16 Å². The van der Waals surface area contributed by atoms with Gasteiger partial charge in [-0.25, -0.2) is 4.79 Å². The molecule has 0 bridgehead atoms. The Morgan fingerprint density at radius 3 is 2.55 bits per heavy atom. The quantitative estimate of drug-likeness (QED) is 0.792. The lowest BCUT2D eigenvalue weighted by Gasteiger charge is -2.50. The van der Waals surface area contributed by atoms with Crippen molar-refractivity contribution in [3.05, 3.63) is 0 Å². The summed E-state index contributed by atoms with van der Waals surface area (Å²) in [4.78, 5) is 13.9. The second-order valence-electron chi connectivity index (χ2n) is 8.06. The molecule has 1 heterocycles. The zero-order valence-corrected chi connectivity index (χ0v) is 15.9. The van der Waals surface area contributed by atoms with Crippen molar-refractivity contribution in [2.45, 2.75) is 76.4 Å². The highest BCUT2D eigenvalue weighted by molar-refractivity contribution is 6.74. The van der Waals surface area contributed by atoms with E-state index in [9.17, 15) is 4.79 Å². The molecule has 2 rings (SSSR count). The zero-order chi connectivity index (χ0) is 16.5. The van der Waals surface area contributed by atoms with E-state index in [2.05, 4.69) is 39.2 Å². The van der Waals surface area contributed by atoms with Gasteiger partial charge in [-0.2, -0.15) is 0 Å². The highest BCUT2D eigenvalue weighted by Gasteiger charge is 2.46. The van der Waals surface area contributed by atoms with E-state index in [1.54, 1.807) is 0 Å². The molecule has 1 saturated carbocycles. The third-order valence-corrected chi connectivity index (χ3v) is 10.1. The summed E-state index contributed by atoms with van der Waals surface area (Å²) in [6, 6.07) is 0.431. The number of carbonyl (C=O) groups is 1. The summed E-state index contributed by atoms with van der Waals surface area (Å²) < 4.78 is 11.6. The Kier molecular flexibility index (Phi) is 5.24. The average Bonchev–Trinajstić information content (AvgIpc) is 2.44. The summed E-state index contributed by atoms with van der Waals surface area (Å²) in [7, 11) is -0.337. The molecule has 1 saturated heterocycles. The Labute approximate surface area is 135 Å². The first-order chi connectivity index (χ1) is 10.2. The highest BCUT2D eigenvalue weighted by Crippen LogP contribution is 2.40. The van der Waals surface area contributed by atoms with Gasteiger partial charge in [-0.15, -0.1) is 0 Å². The summed E-state index contributed by atoms with van der Waals surface area (Å²) in [6.07, 6.45) is 3.21. The number of fused-ring (bicyclic) bond motifs is 1. The van der Waals surface area contributed by atoms with Gasteiger partial charge in [0.1, 0.15) is 0 Å². The lowest BCUT2D eigenvalue weighted by atomic mass is 9.85. The normalized spacial score (nSPS) is 29.9. The first-order valence-corrected chi connectivity index (χ1v) is 11.3. The number of piperazine rings is 1. The number of ether oxygens (including phenoxy) is 1. The number of methoxy groups -OCH3 is 1. The number of carbonyl (C=O) groups excluding carboxylic acids is 1.